The predicted molar refractivity (Wildman–Crippen MR) is 132 cm³/mol. The maximum atomic E-state index is 12.6. The lowest BCUT2D eigenvalue weighted by atomic mass is 10.2. The van der Waals surface area contributed by atoms with Crippen molar-refractivity contribution >= 4 is 49.1 Å². The van der Waals surface area contributed by atoms with Crippen molar-refractivity contribution in [3.05, 3.63) is 52.8 Å². The van der Waals surface area contributed by atoms with Gasteiger partial charge in [-0.15, -0.1) is 0 Å². The van der Waals surface area contributed by atoms with E-state index in [1.165, 1.54) is 36.1 Å². The third-order valence-electron chi connectivity index (χ3n) is 5.12. The summed E-state index contributed by atoms with van der Waals surface area (Å²) in [5.41, 5.74) is 2.33. The van der Waals surface area contributed by atoms with E-state index in [1.807, 2.05) is 0 Å². The molecule has 0 aliphatic rings. The Balaban J connectivity index is 1.74. The van der Waals surface area contributed by atoms with Crippen LogP contribution in [0.1, 0.15) is 25.3 Å². The van der Waals surface area contributed by atoms with Crippen molar-refractivity contribution in [1.29, 1.82) is 0 Å². The Labute approximate surface area is 197 Å². The molecule has 1 aromatic heterocycles. The normalized spacial score (nSPS) is 12.4. The molecule has 0 N–H and O–H groups in total. The SMILES string of the molecule is CCc1ccc2c(c1)sc(=NC(=O)CCCS(=O)(=O)c1ccc(OC)cc1)n2CCSC. The van der Waals surface area contributed by atoms with Crippen molar-refractivity contribution in [2.24, 2.45) is 4.99 Å². The maximum Gasteiger partial charge on any atom is 0.248 e. The average molecular weight is 493 g/mol. The fourth-order valence-electron chi connectivity index (χ4n) is 3.30. The average Bonchev–Trinajstić information content (AvgIpc) is 3.13. The van der Waals surface area contributed by atoms with Gasteiger partial charge in [0.05, 0.1) is 28.0 Å². The summed E-state index contributed by atoms with van der Waals surface area (Å²) < 4.78 is 33.3. The quantitative estimate of drug-likeness (QED) is 0.421. The van der Waals surface area contributed by atoms with E-state index in [1.54, 1.807) is 23.9 Å². The van der Waals surface area contributed by atoms with Crippen LogP contribution in [-0.2, 0) is 27.6 Å². The van der Waals surface area contributed by atoms with Crippen molar-refractivity contribution in [2.75, 3.05) is 24.9 Å². The van der Waals surface area contributed by atoms with Crippen molar-refractivity contribution < 1.29 is 17.9 Å². The summed E-state index contributed by atoms with van der Waals surface area (Å²) in [6.07, 6.45) is 3.32. The molecule has 0 fully saturated rings. The second-order valence-corrected chi connectivity index (χ2v) is 11.4. The van der Waals surface area contributed by atoms with Gasteiger partial charge in [-0.2, -0.15) is 16.8 Å². The molecule has 1 amide bonds. The molecule has 2 aromatic carbocycles. The highest BCUT2D eigenvalue weighted by molar-refractivity contribution is 7.98. The summed E-state index contributed by atoms with van der Waals surface area (Å²) in [6, 6.07) is 12.6. The van der Waals surface area contributed by atoms with Gasteiger partial charge < -0.3 is 9.30 Å². The second-order valence-electron chi connectivity index (χ2n) is 7.29. The summed E-state index contributed by atoms with van der Waals surface area (Å²) in [5.74, 6) is 1.12. The molecule has 3 aromatic rings. The van der Waals surface area contributed by atoms with Gasteiger partial charge in [-0.05, 0) is 61.1 Å². The van der Waals surface area contributed by atoms with Crippen LogP contribution in [0.2, 0.25) is 0 Å². The van der Waals surface area contributed by atoms with Gasteiger partial charge in [0.15, 0.2) is 14.6 Å². The first-order valence-electron chi connectivity index (χ1n) is 10.4. The number of fused-ring (bicyclic) bond motifs is 1. The first kappa shape index (κ1) is 24.5. The topological polar surface area (TPSA) is 77.7 Å². The van der Waals surface area contributed by atoms with Gasteiger partial charge in [0.25, 0.3) is 0 Å². The number of methoxy groups -OCH3 is 1. The van der Waals surface area contributed by atoms with Gasteiger partial charge in [0.2, 0.25) is 5.91 Å². The van der Waals surface area contributed by atoms with E-state index < -0.39 is 9.84 Å². The molecule has 0 aliphatic heterocycles. The lowest BCUT2D eigenvalue weighted by Gasteiger charge is -2.05. The van der Waals surface area contributed by atoms with E-state index in [2.05, 4.69) is 40.9 Å². The number of carbonyl (C=O) groups excluding carboxylic acids is 1. The van der Waals surface area contributed by atoms with Crippen LogP contribution in [0.15, 0.2) is 52.4 Å². The summed E-state index contributed by atoms with van der Waals surface area (Å²) in [6.45, 7) is 2.88. The summed E-state index contributed by atoms with van der Waals surface area (Å²) in [5, 5.41) is 0. The molecule has 0 radical (unpaired) electrons. The first-order valence-corrected chi connectivity index (χ1v) is 14.3. The Bertz CT molecular complexity index is 1240. The van der Waals surface area contributed by atoms with E-state index >= 15 is 0 Å². The molecular weight excluding hydrogens is 464 g/mol. The zero-order chi connectivity index (χ0) is 23.1. The van der Waals surface area contributed by atoms with E-state index in [4.69, 9.17) is 4.74 Å². The van der Waals surface area contributed by atoms with Crippen LogP contribution >= 0.6 is 23.1 Å². The van der Waals surface area contributed by atoms with Crippen LogP contribution in [0, 0.1) is 0 Å². The van der Waals surface area contributed by atoms with Gasteiger partial charge in [0, 0.05) is 18.7 Å². The standard InChI is InChI=1S/C23H28N2O4S3/c1-4-17-7-12-20-21(16-17)31-23(25(20)13-14-30-3)24-22(26)6-5-15-32(27,28)19-10-8-18(29-2)9-11-19/h7-12,16H,4-6,13-15H2,1-3H3. The van der Waals surface area contributed by atoms with Crippen molar-refractivity contribution in [3.63, 3.8) is 0 Å². The number of ether oxygens (including phenoxy) is 1. The number of benzene rings is 2. The number of hydrogen-bond donors (Lipinski definition) is 0. The van der Waals surface area contributed by atoms with Crippen molar-refractivity contribution in [3.8, 4) is 5.75 Å². The molecule has 0 spiro atoms. The molecule has 0 aliphatic carbocycles. The molecule has 1 heterocycles. The lowest BCUT2D eigenvalue weighted by molar-refractivity contribution is -0.118. The number of thiazole rings is 1. The number of amides is 1. The number of nitrogens with zero attached hydrogens (tertiary/aromatic N) is 2. The molecule has 9 heteroatoms. The highest BCUT2D eigenvalue weighted by Gasteiger charge is 2.15. The fraction of sp³-hybridized carbons (Fsp3) is 0.391. The number of rotatable bonds is 10. The number of thioether (sulfide) groups is 1. The van der Waals surface area contributed by atoms with E-state index in [9.17, 15) is 13.2 Å². The second kappa shape index (κ2) is 11.2. The Morgan fingerprint density at radius 2 is 1.94 bits per heavy atom. The largest absolute Gasteiger partial charge is 0.497 e. The number of hydrogen-bond acceptors (Lipinski definition) is 6. The minimum atomic E-state index is -3.46. The van der Waals surface area contributed by atoms with Crippen LogP contribution < -0.4 is 9.54 Å². The van der Waals surface area contributed by atoms with Crippen LogP contribution in [0.5, 0.6) is 5.75 Å². The molecule has 32 heavy (non-hydrogen) atoms. The minimum Gasteiger partial charge on any atom is -0.497 e. The molecule has 0 bridgehead atoms. The van der Waals surface area contributed by atoms with Gasteiger partial charge in [-0.25, -0.2) is 8.42 Å². The highest BCUT2D eigenvalue weighted by atomic mass is 32.2. The molecular formula is C23H28N2O4S3. The minimum absolute atomic E-state index is 0.0897. The summed E-state index contributed by atoms with van der Waals surface area (Å²) in [7, 11) is -1.93. The van der Waals surface area contributed by atoms with Crippen molar-refractivity contribution in [1.82, 2.24) is 4.57 Å². The van der Waals surface area contributed by atoms with Gasteiger partial charge in [-0.1, -0.05) is 24.3 Å². The predicted octanol–water partition coefficient (Wildman–Crippen LogP) is 4.32. The van der Waals surface area contributed by atoms with Gasteiger partial charge in [-0.3, -0.25) is 4.79 Å². The van der Waals surface area contributed by atoms with Crippen LogP contribution in [0.4, 0.5) is 0 Å². The van der Waals surface area contributed by atoms with Crippen LogP contribution in [0.3, 0.4) is 0 Å². The first-order chi connectivity index (χ1) is 15.4. The number of aromatic nitrogens is 1. The Hall–Kier alpha value is -2.10. The van der Waals surface area contributed by atoms with E-state index in [0.717, 1.165) is 28.9 Å². The third-order valence-corrected chi connectivity index (χ3v) is 8.57. The molecule has 6 nitrogen and oxygen atoms in total. The Kier molecular flexibility index (Phi) is 8.56. The summed E-state index contributed by atoms with van der Waals surface area (Å²) >= 11 is 3.25. The molecule has 0 unspecified atom stereocenters. The number of aryl methyl sites for hydroxylation is 2. The Morgan fingerprint density at radius 1 is 1.19 bits per heavy atom. The maximum absolute atomic E-state index is 12.6. The van der Waals surface area contributed by atoms with Gasteiger partial charge >= 0.3 is 0 Å². The zero-order valence-corrected chi connectivity index (χ0v) is 21.0. The summed E-state index contributed by atoms with van der Waals surface area (Å²) in [4.78, 5) is 17.8. The molecule has 0 atom stereocenters. The lowest BCUT2D eigenvalue weighted by Crippen LogP contribution is -2.18. The molecule has 172 valence electrons. The van der Waals surface area contributed by atoms with Crippen LogP contribution in [0.25, 0.3) is 10.2 Å². The molecule has 0 saturated heterocycles. The fourth-order valence-corrected chi connectivity index (χ4v) is 6.11. The number of sulfone groups is 1. The van der Waals surface area contributed by atoms with E-state index in [0.29, 0.717) is 10.6 Å². The Morgan fingerprint density at radius 3 is 2.59 bits per heavy atom. The highest BCUT2D eigenvalue weighted by Crippen LogP contribution is 2.21. The molecule has 3 rings (SSSR count). The van der Waals surface area contributed by atoms with Gasteiger partial charge in [0.1, 0.15) is 5.75 Å². The van der Waals surface area contributed by atoms with Crippen molar-refractivity contribution in [2.45, 2.75) is 37.6 Å². The number of carbonyl (C=O) groups is 1. The monoisotopic (exact) mass is 492 g/mol. The smallest absolute Gasteiger partial charge is 0.248 e. The van der Waals surface area contributed by atoms with Crippen LogP contribution in [-0.4, -0.2) is 43.8 Å². The molecule has 0 saturated carbocycles. The zero-order valence-electron chi connectivity index (χ0n) is 18.5. The van der Waals surface area contributed by atoms with E-state index in [-0.39, 0.29) is 29.4 Å². The third kappa shape index (κ3) is 6.02.